The Labute approximate surface area is 165 Å². The smallest absolute Gasteiger partial charge is 0.325 e. The predicted octanol–water partition coefficient (Wildman–Crippen LogP) is 3.58. The van der Waals surface area contributed by atoms with E-state index in [9.17, 15) is 14.9 Å². The number of hydrogen-bond acceptors (Lipinski definition) is 5. The van der Waals surface area contributed by atoms with Crippen LogP contribution in [-0.2, 0) is 4.79 Å². The number of amides is 3. The topological polar surface area (TPSA) is 108 Å². The minimum Gasteiger partial charge on any atom is -0.393 e. The van der Waals surface area contributed by atoms with Crippen molar-refractivity contribution in [1.82, 2.24) is 5.32 Å². The van der Waals surface area contributed by atoms with Crippen molar-refractivity contribution in [1.29, 1.82) is 5.26 Å². The van der Waals surface area contributed by atoms with Gasteiger partial charge in [0.25, 0.3) is 0 Å². The molecule has 0 bridgehead atoms. The van der Waals surface area contributed by atoms with Crippen molar-refractivity contribution in [3.63, 3.8) is 0 Å². The Morgan fingerprint density at radius 1 is 1.15 bits per heavy atom. The molecule has 4 N–H and O–H groups in total. The number of carbonyl (C=O) groups excluding carboxylic acids is 2. The zero-order valence-electron chi connectivity index (χ0n) is 14.0. The number of halogens is 1. The molecule has 1 aliphatic rings. The molecule has 2 atom stereocenters. The summed E-state index contributed by atoms with van der Waals surface area (Å²) in [6, 6.07) is 17.1. The second kappa shape index (κ2) is 8.16. The van der Waals surface area contributed by atoms with E-state index in [0.717, 1.165) is 17.3 Å². The molecule has 6 nitrogen and oxygen atoms in total. The van der Waals surface area contributed by atoms with Crippen LogP contribution < -0.4 is 16.4 Å². The van der Waals surface area contributed by atoms with E-state index in [2.05, 4.69) is 16.7 Å². The van der Waals surface area contributed by atoms with Crippen molar-refractivity contribution in [2.24, 2.45) is 5.73 Å². The molecular formula is C19H15ClN4O2S. The third kappa shape index (κ3) is 4.25. The van der Waals surface area contributed by atoms with Gasteiger partial charge in [-0.3, -0.25) is 10.1 Å². The van der Waals surface area contributed by atoms with Gasteiger partial charge in [-0.2, -0.15) is 5.26 Å². The summed E-state index contributed by atoms with van der Waals surface area (Å²) in [6.45, 7) is 0. The second-order valence-corrected chi connectivity index (χ2v) is 7.39. The van der Waals surface area contributed by atoms with E-state index < -0.39 is 23.1 Å². The molecular weight excluding hydrogens is 384 g/mol. The van der Waals surface area contributed by atoms with E-state index in [0.29, 0.717) is 21.3 Å². The third-order valence-corrected chi connectivity index (χ3v) is 5.44. The van der Waals surface area contributed by atoms with Crippen LogP contribution in [0.2, 0.25) is 5.02 Å². The van der Waals surface area contributed by atoms with Crippen LogP contribution in [0.5, 0.6) is 0 Å². The van der Waals surface area contributed by atoms with Gasteiger partial charge in [-0.15, -0.1) is 0 Å². The van der Waals surface area contributed by atoms with Crippen LogP contribution in [0.1, 0.15) is 11.5 Å². The molecule has 0 saturated heterocycles. The first kappa shape index (κ1) is 18.8. The first-order valence-electron chi connectivity index (χ1n) is 7.98. The fourth-order valence-corrected chi connectivity index (χ4v) is 4.17. The number of allylic oxidation sites excluding steroid dienone is 1. The van der Waals surface area contributed by atoms with Crippen molar-refractivity contribution in [2.75, 3.05) is 5.32 Å². The van der Waals surface area contributed by atoms with Gasteiger partial charge in [-0.05, 0) is 23.8 Å². The number of nitrogens with two attached hydrogens (primary N) is 1. The summed E-state index contributed by atoms with van der Waals surface area (Å²) in [5, 5.41) is 14.4. The third-order valence-electron chi connectivity index (χ3n) is 3.99. The minimum absolute atomic E-state index is 0.293. The van der Waals surface area contributed by atoms with Crippen molar-refractivity contribution in [3.8, 4) is 6.07 Å². The average Bonchev–Trinajstić information content (AvgIpc) is 2.98. The number of imide groups is 1. The average molecular weight is 399 g/mol. The van der Waals surface area contributed by atoms with E-state index in [1.807, 2.05) is 30.3 Å². The highest BCUT2D eigenvalue weighted by molar-refractivity contribution is 8.04. The molecule has 0 aromatic heterocycles. The highest BCUT2D eigenvalue weighted by atomic mass is 35.5. The number of rotatable bonds is 3. The molecule has 8 heteroatoms. The first-order valence-corrected chi connectivity index (χ1v) is 9.24. The number of nitrogens with one attached hydrogen (secondary N) is 2. The molecule has 1 heterocycles. The Hall–Kier alpha value is -2.95. The van der Waals surface area contributed by atoms with Crippen molar-refractivity contribution in [2.45, 2.75) is 11.2 Å². The van der Waals surface area contributed by atoms with Crippen LogP contribution in [0.4, 0.5) is 10.5 Å². The standard InChI is InChI=1S/C19H15ClN4O2S/c20-12-7-4-8-13(9-12)23-19(26)24-18(25)16-15(11-5-2-1-3-6-11)14(10-21)17(22)27-16/h1-9,15-16H,22H2,(H2,23,24,25,26). The van der Waals surface area contributed by atoms with E-state index in [-0.39, 0.29) is 0 Å². The van der Waals surface area contributed by atoms with Gasteiger partial charge < -0.3 is 11.1 Å². The maximum atomic E-state index is 12.7. The minimum atomic E-state index is -0.716. The van der Waals surface area contributed by atoms with Crippen LogP contribution in [-0.4, -0.2) is 17.2 Å². The number of carbonyl (C=O) groups is 2. The highest BCUT2D eigenvalue weighted by Gasteiger charge is 2.41. The van der Waals surface area contributed by atoms with Gasteiger partial charge in [0.15, 0.2) is 0 Å². The number of nitrogens with zero attached hydrogens (tertiary/aromatic N) is 1. The SMILES string of the molecule is N#CC1=C(N)SC(C(=O)NC(=O)Nc2cccc(Cl)c2)C1c1ccccc1. The summed E-state index contributed by atoms with van der Waals surface area (Å²) < 4.78 is 0. The molecule has 0 fully saturated rings. The van der Waals surface area contributed by atoms with Crippen molar-refractivity contribution < 1.29 is 9.59 Å². The van der Waals surface area contributed by atoms with Gasteiger partial charge in [0.2, 0.25) is 5.91 Å². The van der Waals surface area contributed by atoms with E-state index in [1.54, 1.807) is 24.3 Å². The maximum Gasteiger partial charge on any atom is 0.325 e. The summed E-state index contributed by atoms with van der Waals surface area (Å²) in [4.78, 5) is 24.9. The fourth-order valence-electron chi connectivity index (χ4n) is 2.82. The lowest BCUT2D eigenvalue weighted by atomic mass is 9.89. The summed E-state index contributed by atoms with van der Waals surface area (Å²) in [5.74, 6) is -1.04. The normalized spacial score (nSPS) is 18.7. The summed E-state index contributed by atoms with van der Waals surface area (Å²) >= 11 is 6.96. The zero-order valence-corrected chi connectivity index (χ0v) is 15.6. The zero-order chi connectivity index (χ0) is 19.4. The molecule has 0 aliphatic carbocycles. The number of urea groups is 1. The summed E-state index contributed by atoms with van der Waals surface area (Å²) in [5.41, 5.74) is 7.53. The van der Waals surface area contributed by atoms with Crippen molar-refractivity contribution in [3.05, 3.63) is 75.8 Å². The maximum absolute atomic E-state index is 12.7. The van der Waals surface area contributed by atoms with Gasteiger partial charge in [0, 0.05) is 16.6 Å². The molecule has 0 saturated carbocycles. The quantitative estimate of drug-likeness (QED) is 0.732. The molecule has 0 radical (unpaired) electrons. The largest absolute Gasteiger partial charge is 0.393 e. The Bertz CT molecular complexity index is 956. The van der Waals surface area contributed by atoms with Gasteiger partial charge >= 0.3 is 6.03 Å². The van der Waals surface area contributed by atoms with Crippen LogP contribution in [0.15, 0.2) is 65.2 Å². The summed E-state index contributed by atoms with van der Waals surface area (Å²) in [6.07, 6.45) is 0. The van der Waals surface area contributed by atoms with Crippen LogP contribution in [0.25, 0.3) is 0 Å². The van der Waals surface area contributed by atoms with Crippen LogP contribution >= 0.6 is 23.4 Å². The van der Waals surface area contributed by atoms with E-state index >= 15 is 0 Å². The lowest BCUT2D eigenvalue weighted by Gasteiger charge is -2.19. The number of hydrogen-bond donors (Lipinski definition) is 3. The molecule has 0 spiro atoms. The van der Waals surface area contributed by atoms with Gasteiger partial charge in [0.1, 0.15) is 5.25 Å². The molecule has 1 aliphatic heterocycles. The Balaban J connectivity index is 1.75. The van der Waals surface area contributed by atoms with E-state index in [4.69, 9.17) is 17.3 Å². The lowest BCUT2D eigenvalue weighted by molar-refractivity contribution is -0.119. The van der Waals surface area contributed by atoms with Crippen LogP contribution in [0, 0.1) is 11.3 Å². The highest BCUT2D eigenvalue weighted by Crippen LogP contribution is 2.45. The number of nitriles is 1. The molecule has 2 aromatic rings. The monoisotopic (exact) mass is 398 g/mol. The molecule has 27 heavy (non-hydrogen) atoms. The molecule has 2 aromatic carbocycles. The van der Waals surface area contributed by atoms with Crippen molar-refractivity contribution >= 4 is 41.0 Å². The van der Waals surface area contributed by atoms with Crippen LogP contribution in [0.3, 0.4) is 0 Å². The fraction of sp³-hybridized carbons (Fsp3) is 0.105. The number of anilines is 1. The Morgan fingerprint density at radius 2 is 1.89 bits per heavy atom. The molecule has 136 valence electrons. The molecule has 3 rings (SSSR count). The molecule has 2 unspecified atom stereocenters. The predicted molar refractivity (Wildman–Crippen MR) is 106 cm³/mol. The van der Waals surface area contributed by atoms with Gasteiger partial charge in [0.05, 0.1) is 16.7 Å². The number of thioether (sulfide) groups is 1. The second-order valence-electron chi connectivity index (χ2n) is 5.77. The Morgan fingerprint density at radius 3 is 2.56 bits per heavy atom. The summed E-state index contributed by atoms with van der Waals surface area (Å²) in [7, 11) is 0. The molecule has 3 amide bonds. The number of benzene rings is 2. The first-order chi connectivity index (χ1) is 13.0. The van der Waals surface area contributed by atoms with Gasteiger partial charge in [-0.1, -0.05) is 59.8 Å². The Kier molecular flexibility index (Phi) is 5.69. The lowest BCUT2D eigenvalue weighted by Crippen LogP contribution is -2.41. The van der Waals surface area contributed by atoms with E-state index in [1.165, 1.54) is 0 Å². The van der Waals surface area contributed by atoms with Gasteiger partial charge in [-0.25, -0.2) is 4.79 Å².